The zero-order valence-corrected chi connectivity index (χ0v) is 16.4. The number of carbonyl (C=O) groups excluding carboxylic acids is 1. The number of hydrogen-bond donors (Lipinski definition) is 1. The minimum Gasteiger partial charge on any atom is -0.497 e. The van der Waals surface area contributed by atoms with Gasteiger partial charge in [-0.3, -0.25) is 4.79 Å². The molecular formula is C20H23ClN2O4. The summed E-state index contributed by atoms with van der Waals surface area (Å²) in [6, 6.07) is 10.8. The smallest absolute Gasteiger partial charge is 0.244 e. The van der Waals surface area contributed by atoms with Gasteiger partial charge in [-0.15, -0.1) is 0 Å². The van der Waals surface area contributed by atoms with Crippen LogP contribution in [0.25, 0.3) is 0 Å². The number of carbonyl (C=O) groups is 1. The predicted octanol–water partition coefficient (Wildman–Crippen LogP) is 3.84. The molecule has 0 bridgehead atoms. The highest BCUT2D eigenvalue weighted by Crippen LogP contribution is 2.36. The van der Waals surface area contributed by atoms with E-state index < -0.39 is 0 Å². The number of benzene rings is 2. The normalized spacial score (nSPS) is 10.7. The number of halogens is 1. The van der Waals surface area contributed by atoms with Gasteiger partial charge in [-0.25, -0.2) is 5.43 Å². The molecule has 0 saturated heterocycles. The van der Waals surface area contributed by atoms with Crippen molar-refractivity contribution in [3.63, 3.8) is 0 Å². The third kappa shape index (κ3) is 6.18. The van der Waals surface area contributed by atoms with Gasteiger partial charge in [0.15, 0.2) is 11.5 Å². The van der Waals surface area contributed by atoms with Crippen molar-refractivity contribution in [3.8, 4) is 17.2 Å². The van der Waals surface area contributed by atoms with Crippen molar-refractivity contribution in [2.45, 2.75) is 20.3 Å². The van der Waals surface area contributed by atoms with Gasteiger partial charge in [-0.05, 0) is 49.2 Å². The van der Waals surface area contributed by atoms with Crippen molar-refractivity contribution in [2.24, 2.45) is 5.10 Å². The summed E-state index contributed by atoms with van der Waals surface area (Å²) in [4.78, 5) is 12.0. The maximum Gasteiger partial charge on any atom is 0.244 e. The van der Waals surface area contributed by atoms with Gasteiger partial charge in [0.05, 0.1) is 38.0 Å². The molecule has 27 heavy (non-hydrogen) atoms. The first-order valence-electron chi connectivity index (χ1n) is 8.61. The average Bonchev–Trinajstić information content (AvgIpc) is 2.65. The fourth-order valence-corrected chi connectivity index (χ4v) is 2.63. The number of rotatable bonds is 9. The highest BCUT2D eigenvalue weighted by molar-refractivity contribution is 6.32. The van der Waals surface area contributed by atoms with Crippen LogP contribution in [0.4, 0.5) is 0 Å². The molecule has 2 aromatic carbocycles. The van der Waals surface area contributed by atoms with Crippen molar-refractivity contribution in [2.75, 3.05) is 20.3 Å². The van der Waals surface area contributed by atoms with E-state index in [1.807, 2.05) is 38.1 Å². The lowest BCUT2D eigenvalue weighted by Gasteiger charge is -2.13. The van der Waals surface area contributed by atoms with E-state index in [2.05, 4.69) is 10.5 Å². The van der Waals surface area contributed by atoms with E-state index in [1.165, 1.54) is 6.21 Å². The van der Waals surface area contributed by atoms with Crippen LogP contribution in [0.15, 0.2) is 41.5 Å². The zero-order chi connectivity index (χ0) is 19.6. The van der Waals surface area contributed by atoms with Gasteiger partial charge >= 0.3 is 0 Å². The molecular weight excluding hydrogens is 368 g/mol. The average molecular weight is 391 g/mol. The highest BCUT2D eigenvalue weighted by atomic mass is 35.5. The standard InChI is InChI=1S/C20H23ClN2O4/c1-4-26-18-11-15(10-17(21)20(18)27-5-2)13-22-23-19(24)12-14-6-8-16(25-3)9-7-14/h6-11,13H,4-5,12H2,1-3H3,(H,23,24)/b22-13-. The number of hydrazone groups is 1. The first kappa shape index (κ1) is 20.6. The fourth-order valence-electron chi connectivity index (χ4n) is 2.36. The number of nitrogens with zero attached hydrogens (tertiary/aromatic N) is 1. The van der Waals surface area contributed by atoms with Crippen molar-refractivity contribution in [3.05, 3.63) is 52.5 Å². The summed E-state index contributed by atoms with van der Waals surface area (Å²) in [6.07, 6.45) is 1.73. The van der Waals surface area contributed by atoms with Crippen molar-refractivity contribution in [1.82, 2.24) is 5.43 Å². The Morgan fingerprint density at radius 2 is 1.85 bits per heavy atom. The molecule has 144 valence electrons. The lowest BCUT2D eigenvalue weighted by molar-refractivity contribution is -0.120. The number of nitrogens with one attached hydrogen (secondary N) is 1. The van der Waals surface area contributed by atoms with Crippen LogP contribution in [-0.4, -0.2) is 32.4 Å². The molecule has 0 radical (unpaired) electrons. The molecule has 0 aliphatic heterocycles. The Morgan fingerprint density at radius 1 is 1.15 bits per heavy atom. The lowest BCUT2D eigenvalue weighted by Crippen LogP contribution is -2.19. The largest absolute Gasteiger partial charge is 0.497 e. The minimum atomic E-state index is -0.224. The maximum absolute atomic E-state index is 12.0. The Hall–Kier alpha value is -2.73. The van der Waals surface area contributed by atoms with Gasteiger partial charge in [0.25, 0.3) is 0 Å². The minimum absolute atomic E-state index is 0.218. The Morgan fingerprint density at radius 3 is 2.48 bits per heavy atom. The Balaban J connectivity index is 2.00. The first-order chi connectivity index (χ1) is 13.1. The highest BCUT2D eigenvalue weighted by Gasteiger charge is 2.11. The van der Waals surface area contributed by atoms with Crippen LogP contribution < -0.4 is 19.6 Å². The number of methoxy groups -OCH3 is 1. The molecule has 7 heteroatoms. The summed E-state index contributed by atoms with van der Waals surface area (Å²) in [6.45, 7) is 4.72. The van der Waals surface area contributed by atoms with Gasteiger partial charge in [-0.1, -0.05) is 23.7 Å². The molecule has 6 nitrogen and oxygen atoms in total. The van der Waals surface area contributed by atoms with Gasteiger partial charge in [0, 0.05) is 0 Å². The summed E-state index contributed by atoms with van der Waals surface area (Å²) in [5, 5.41) is 4.41. The van der Waals surface area contributed by atoms with Crippen LogP contribution in [0.3, 0.4) is 0 Å². The first-order valence-corrected chi connectivity index (χ1v) is 8.99. The van der Waals surface area contributed by atoms with E-state index in [4.69, 9.17) is 25.8 Å². The summed E-state index contributed by atoms with van der Waals surface area (Å²) >= 11 is 6.26. The van der Waals surface area contributed by atoms with Crippen LogP contribution in [-0.2, 0) is 11.2 Å². The molecule has 0 spiro atoms. The van der Waals surface area contributed by atoms with E-state index in [0.29, 0.717) is 35.3 Å². The monoisotopic (exact) mass is 390 g/mol. The molecule has 0 aliphatic rings. The summed E-state index contributed by atoms with van der Waals surface area (Å²) in [5.41, 5.74) is 4.06. The second-order valence-corrected chi connectivity index (χ2v) is 5.92. The van der Waals surface area contributed by atoms with Gasteiger partial charge in [0.1, 0.15) is 5.75 Å². The molecule has 0 fully saturated rings. The SMILES string of the molecule is CCOc1cc(/C=N\NC(=O)Cc2ccc(OC)cc2)cc(Cl)c1OCC. The van der Waals surface area contributed by atoms with Gasteiger partial charge < -0.3 is 14.2 Å². The van der Waals surface area contributed by atoms with Crippen molar-refractivity contribution < 1.29 is 19.0 Å². The Bertz CT molecular complexity index is 791. The van der Waals surface area contributed by atoms with Crippen LogP contribution >= 0.6 is 11.6 Å². The predicted molar refractivity (Wildman–Crippen MR) is 106 cm³/mol. The van der Waals surface area contributed by atoms with Crippen molar-refractivity contribution in [1.29, 1.82) is 0 Å². The Kier molecular flexibility index (Phi) is 7.95. The number of amides is 1. The van der Waals surface area contributed by atoms with Gasteiger partial charge in [-0.2, -0.15) is 5.10 Å². The topological polar surface area (TPSA) is 69.2 Å². The molecule has 1 N–H and O–H groups in total. The van der Waals surface area contributed by atoms with E-state index >= 15 is 0 Å². The van der Waals surface area contributed by atoms with Crippen LogP contribution in [0, 0.1) is 0 Å². The maximum atomic E-state index is 12.0. The van der Waals surface area contributed by atoms with Crippen LogP contribution in [0.2, 0.25) is 5.02 Å². The number of ether oxygens (including phenoxy) is 3. The van der Waals surface area contributed by atoms with Crippen LogP contribution in [0.1, 0.15) is 25.0 Å². The molecule has 2 aromatic rings. The molecule has 0 heterocycles. The molecule has 0 atom stereocenters. The molecule has 2 rings (SSSR count). The molecule has 1 amide bonds. The summed E-state index contributed by atoms with van der Waals surface area (Å²) in [7, 11) is 1.60. The second kappa shape index (κ2) is 10.4. The van der Waals surface area contributed by atoms with Gasteiger partial charge in [0.2, 0.25) is 5.91 Å². The quantitative estimate of drug-likeness (QED) is 0.521. The number of hydrogen-bond acceptors (Lipinski definition) is 5. The lowest BCUT2D eigenvalue weighted by atomic mass is 10.1. The third-order valence-corrected chi connectivity index (χ3v) is 3.83. The summed E-state index contributed by atoms with van der Waals surface area (Å²) < 4.78 is 16.2. The van der Waals surface area contributed by atoms with Crippen LogP contribution in [0.5, 0.6) is 17.2 Å². The van der Waals surface area contributed by atoms with E-state index in [0.717, 1.165) is 11.3 Å². The fraction of sp³-hybridized carbons (Fsp3) is 0.300. The summed E-state index contributed by atoms with van der Waals surface area (Å²) in [5.74, 6) is 1.56. The molecule has 0 unspecified atom stereocenters. The van der Waals surface area contributed by atoms with E-state index in [1.54, 1.807) is 19.2 Å². The van der Waals surface area contributed by atoms with E-state index in [-0.39, 0.29) is 12.3 Å². The second-order valence-electron chi connectivity index (χ2n) is 5.51. The Labute approximate surface area is 164 Å². The molecule has 0 saturated carbocycles. The molecule has 0 aromatic heterocycles. The third-order valence-electron chi connectivity index (χ3n) is 3.55. The zero-order valence-electron chi connectivity index (χ0n) is 15.6. The van der Waals surface area contributed by atoms with Crippen molar-refractivity contribution >= 4 is 23.7 Å². The van der Waals surface area contributed by atoms with E-state index in [9.17, 15) is 4.79 Å². The molecule has 0 aliphatic carbocycles.